The minimum Gasteiger partial charge on any atom is -0.359 e. The molecular weight excluding hydrogens is 356 g/mol. The van der Waals surface area contributed by atoms with Crippen molar-refractivity contribution in [1.29, 1.82) is 0 Å². The summed E-state index contributed by atoms with van der Waals surface area (Å²) in [5, 5.41) is 15.8. The van der Waals surface area contributed by atoms with Crippen molar-refractivity contribution in [1.82, 2.24) is 9.97 Å². The Labute approximate surface area is 126 Å². The standard InChI is InChI=1S/C10H8BrClN4O2S/c1-5-8(16(17)18)9(15-10(12)14-5)13-3-7-2-6(11)4-19-7/h2,4H,3H2,1H3,(H,13,14,15). The van der Waals surface area contributed by atoms with Crippen LogP contribution in [0.1, 0.15) is 10.6 Å². The maximum Gasteiger partial charge on any atom is 0.332 e. The Morgan fingerprint density at radius 2 is 2.32 bits per heavy atom. The normalized spacial score (nSPS) is 10.5. The number of aromatic nitrogens is 2. The highest BCUT2D eigenvalue weighted by molar-refractivity contribution is 9.10. The number of rotatable bonds is 4. The average molecular weight is 364 g/mol. The van der Waals surface area contributed by atoms with Crippen molar-refractivity contribution in [3.63, 3.8) is 0 Å². The van der Waals surface area contributed by atoms with Crippen LogP contribution in [0.15, 0.2) is 15.9 Å². The summed E-state index contributed by atoms with van der Waals surface area (Å²) in [6.07, 6.45) is 0. The molecule has 6 nitrogen and oxygen atoms in total. The Balaban J connectivity index is 2.26. The van der Waals surface area contributed by atoms with E-state index < -0.39 is 4.92 Å². The van der Waals surface area contributed by atoms with Crippen molar-refractivity contribution < 1.29 is 4.92 Å². The van der Waals surface area contributed by atoms with Gasteiger partial charge in [-0.1, -0.05) is 0 Å². The molecule has 0 aromatic carbocycles. The fourth-order valence-corrected chi connectivity index (χ4v) is 3.09. The monoisotopic (exact) mass is 362 g/mol. The van der Waals surface area contributed by atoms with Crippen LogP contribution in [-0.4, -0.2) is 14.9 Å². The molecule has 2 heterocycles. The number of anilines is 1. The van der Waals surface area contributed by atoms with E-state index in [9.17, 15) is 10.1 Å². The topological polar surface area (TPSA) is 81.0 Å². The number of hydrogen-bond donors (Lipinski definition) is 1. The molecule has 100 valence electrons. The summed E-state index contributed by atoms with van der Waals surface area (Å²) in [6, 6.07) is 1.93. The van der Waals surface area contributed by atoms with E-state index in [2.05, 4.69) is 31.2 Å². The minimum absolute atomic E-state index is 0.0158. The highest BCUT2D eigenvalue weighted by atomic mass is 79.9. The second kappa shape index (κ2) is 5.81. The lowest BCUT2D eigenvalue weighted by atomic mass is 10.3. The fourth-order valence-electron chi connectivity index (χ4n) is 1.49. The number of nitro groups is 1. The molecule has 2 rings (SSSR count). The molecule has 0 aliphatic carbocycles. The van der Waals surface area contributed by atoms with Gasteiger partial charge in [-0.2, -0.15) is 4.98 Å². The van der Waals surface area contributed by atoms with Crippen LogP contribution in [-0.2, 0) is 6.54 Å². The van der Waals surface area contributed by atoms with Crippen LogP contribution in [0.25, 0.3) is 0 Å². The number of aryl methyl sites for hydroxylation is 1. The molecule has 9 heteroatoms. The number of thiophene rings is 1. The van der Waals surface area contributed by atoms with Gasteiger partial charge >= 0.3 is 5.69 Å². The first kappa shape index (κ1) is 14.2. The SMILES string of the molecule is Cc1nc(Cl)nc(NCc2cc(Br)cs2)c1[N+](=O)[O-]. The Morgan fingerprint density at radius 1 is 1.58 bits per heavy atom. The van der Waals surface area contributed by atoms with Gasteiger partial charge in [0.1, 0.15) is 5.69 Å². The molecule has 0 amide bonds. The van der Waals surface area contributed by atoms with Gasteiger partial charge in [-0.05, 0) is 40.5 Å². The third-order valence-corrected chi connectivity index (χ3v) is 4.13. The Hall–Kier alpha value is -1.25. The minimum atomic E-state index is -0.516. The second-order valence-corrected chi connectivity index (χ2v) is 5.87. The number of nitrogens with zero attached hydrogens (tertiary/aromatic N) is 3. The van der Waals surface area contributed by atoms with Crippen molar-refractivity contribution in [3.05, 3.63) is 41.9 Å². The molecule has 0 fully saturated rings. The molecule has 2 aromatic heterocycles. The van der Waals surface area contributed by atoms with Crippen LogP contribution in [0, 0.1) is 17.0 Å². The van der Waals surface area contributed by atoms with Crippen molar-refractivity contribution in [2.75, 3.05) is 5.32 Å². The van der Waals surface area contributed by atoms with Crippen molar-refractivity contribution in [2.24, 2.45) is 0 Å². The molecule has 0 saturated carbocycles. The molecule has 0 spiro atoms. The summed E-state index contributed by atoms with van der Waals surface area (Å²) in [7, 11) is 0. The summed E-state index contributed by atoms with van der Waals surface area (Å²) < 4.78 is 0.973. The maximum absolute atomic E-state index is 11.0. The Morgan fingerprint density at radius 3 is 2.89 bits per heavy atom. The highest BCUT2D eigenvalue weighted by Crippen LogP contribution is 2.28. The van der Waals surface area contributed by atoms with Gasteiger partial charge in [0, 0.05) is 14.7 Å². The number of halogens is 2. The Bertz CT molecular complexity index is 634. The molecule has 0 unspecified atom stereocenters. The van der Waals surface area contributed by atoms with Gasteiger partial charge in [0.05, 0.1) is 11.5 Å². The van der Waals surface area contributed by atoms with Crippen LogP contribution in [0.4, 0.5) is 11.5 Å². The van der Waals surface area contributed by atoms with E-state index in [0.717, 1.165) is 9.35 Å². The fraction of sp³-hybridized carbons (Fsp3) is 0.200. The van der Waals surface area contributed by atoms with Gasteiger partial charge in [0.2, 0.25) is 11.1 Å². The zero-order chi connectivity index (χ0) is 14.0. The van der Waals surface area contributed by atoms with Crippen molar-refractivity contribution >= 4 is 50.4 Å². The van der Waals surface area contributed by atoms with E-state index in [0.29, 0.717) is 6.54 Å². The van der Waals surface area contributed by atoms with Crippen LogP contribution in [0.2, 0.25) is 5.28 Å². The molecular formula is C10H8BrClN4O2S. The lowest BCUT2D eigenvalue weighted by Crippen LogP contribution is -2.07. The van der Waals surface area contributed by atoms with Gasteiger partial charge in [0.15, 0.2) is 0 Å². The first-order valence-corrected chi connectivity index (χ1v) is 7.17. The molecule has 1 N–H and O–H groups in total. The first-order chi connectivity index (χ1) is 8.97. The van der Waals surface area contributed by atoms with E-state index in [1.54, 1.807) is 0 Å². The molecule has 0 aliphatic rings. The third kappa shape index (κ3) is 3.40. The van der Waals surface area contributed by atoms with Gasteiger partial charge in [-0.15, -0.1) is 11.3 Å². The summed E-state index contributed by atoms with van der Waals surface area (Å²) in [5.41, 5.74) is 0.0832. The van der Waals surface area contributed by atoms with Crippen LogP contribution in [0.5, 0.6) is 0 Å². The zero-order valence-electron chi connectivity index (χ0n) is 9.68. The number of nitrogens with one attached hydrogen (secondary N) is 1. The second-order valence-electron chi connectivity index (χ2n) is 3.62. The zero-order valence-corrected chi connectivity index (χ0v) is 12.8. The lowest BCUT2D eigenvalue weighted by molar-refractivity contribution is -0.385. The maximum atomic E-state index is 11.0. The molecule has 19 heavy (non-hydrogen) atoms. The molecule has 0 saturated heterocycles. The first-order valence-electron chi connectivity index (χ1n) is 5.12. The molecule has 2 aromatic rings. The van der Waals surface area contributed by atoms with Crippen LogP contribution >= 0.6 is 38.9 Å². The average Bonchev–Trinajstić information content (AvgIpc) is 2.71. The largest absolute Gasteiger partial charge is 0.359 e. The van der Waals surface area contributed by atoms with Gasteiger partial charge < -0.3 is 5.32 Å². The number of hydrogen-bond acceptors (Lipinski definition) is 6. The van der Waals surface area contributed by atoms with E-state index in [1.165, 1.54) is 18.3 Å². The quantitative estimate of drug-likeness (QED) is 0.508. The van der Waals surface area contributed by atoms with Crippen molar-refractivity contribution in [3.8, 4) is 0 Å². The Kier molecular flexibility index (Phi) is 4.33. The lowest BCUT2D eigenvalue weighted by Gasteiger charge is -2.06. The summed E-state index contributed by atoms with van der Waals surface area (Å²) in [6.45, 7) is 1.96. The molecule has 0 radical (unpaired) electrons. The van der Waals surface area contributed by atoms with Crippen LogP contribution < -0.4 is 5.32 Å². The highest BCUT2D eigenvalue weighted by Gasteiger charge is 2.21. The predicted octanol–water partition coefficient (Wildman–Crippen LogP) is 3.78. The van der Waals surface area contributed by atoms with E-state index in [1.807, 2.05) is 11.4 Å². The van der Waals surface area contributed by atoms with Gasteiger partial charge in [-0.3, -0.25) is 10.1 Å². The summed E-state index contributed by atoms with van der Waals surface area (Å²) in [5.74, 6) is 0.132. The van der Waals surface area contributed by atoms with Crippen molar-refractivity contribution in [2.45, 2.75) is 13.5 Å². The molecule has 0 aliphatic heterocycles. The van der Waals surface area contributed by atoms with Crippen LogP contribution in [0.3, 0.4) is 0 Å². The summed E-state index contributed by atoms with van der Waals surface area (Å²) in [4.78, 5) is 19.2. The van der Waals surface area contributed by atoms with Gasteiger partial charge in [-0.25, -0.2) is 4.98 Å². The van der Waals surface area contributed by atoms with E-state index >= 15 is 0 Å². The smallest absolute Gasteiger partial charge is 0.332 e. The predicted molar refractivity (Wildman–Crippen MR) is 77.8 cm³/mol. The van der Waals surface area contributed by atoms with E-state index in [4.69, 9.17) is 11.6 Å². The molecule has 0 bridgehead atoms. The third-order valence-electron chi connectivity index (χ3n) is 2.27. The van der Waals surface area contributed by atoms with Gasteiger partial charge in [0.25, 0.3) is 0 Å². The summed E-state index contributed by atoms with van der Waals surface area (Å²) >= 11 is 10.6. The van der Waals surface area contributed by atoms with E-state index in [-0.39, 0.29) is 22.5 Å². The molecule has 0 atom stereocenters.